The van der Waals surface area contributed by atoms with E-state index in [-0.39, 0.29) is 0 Å². The molecule has 0 saturated carbocycles. The third-order valence-electron chi connectivity index (χ3n) is 2.90. The molecule has 1 fully saturated rings. The maximum absolute atomic E-state index is 5.64. The Balaban J connectivity index is 1.59. The zero-order valence-corrected chi connectivity index (χ0v) is 10.9. The molecule has 1 aliphatic rings. The minimum atomic E-state index is 0.402. The van der Waals surface area contributed by atoms with Crippen molar-refractivity contribution in [1.29, 1.82) is 0 Å². The average molecular weight is 253 g/mol. The molecule has 2 unspecified atom stereocenters. The van der Waals surface area contributed by atoms with Crippen LogP contribution in [0.4, 0.5) is 0 Å². The summed E-state index contributed by atoms with van der Waals surface area (Å²) in [6.07, 6.45) is 6.15. The third-order valence-corrected chi connectivity index (χ3v) is 3.84. The van der Waals surface area contributed by atoms with Crippen LogP contribution in [0.15, 0.2) is 23.6 Å². The Morgan fingerprint density at radius 3 is 3.29 bits per heavy atom. The Bertz CT molecular complexity index is 317. The van der Waals surface area contributed by atoms with Crippen molar-refractivity contribution < 1.29 is 4.74 Å². The first-order valence-electron chi connectivity index (χ1n) is 6.10. The molecule has 2 atom stereocenters. The molecule has 94 valence electrons. The fourth-order valence-corrected chi connectivity index (χ4v) is 2.64. The van der Waals surface area contributed by atoms with E-state index in [2.05, 4.69) is 22.2 Å². The fourth-order valence-electron chi connectivity index (χ4n) is 1.93. The second-order valence-corrected chi connectivity index (χ2v) is 5.31. The van der Waals surface area contributed by atoms with E-state index >= 15 is 0 Å². The highest BCUT2D eigenvalue weighted by Gasteiger charge is 2.21. The van der Waals surface area contributed by atoms with Gasteiger partial charge in [-0.2, -0.15) is 0 Å². The number of hydrogen-bond donors (Lipinski definition) is 1. The zero-order valence-electron chi connectivity index (χ0n) is 10.1. The Hall–Kier alpha value is -0.650. The van der Waals surface area contributed by atoms with Crippen LogP contribution in [-0.4, -0.2) is 41.0 Å². The van der Waals surface area contributed by atoms with Gasteiger partial charge >= 0.3 is 0 Å². The van der Waals surface area contributed by atoms with Crippen LogP contribution in [-0.2, 0) is 4.74 Å². The van der Waals surface area contributed by atoms with E-state index in [0.29, 0.717) is 12.1 Å². The minimum Gasteiger partial charge on any atom is -0.377 e. The predicted molar refractivity (Wildman–Crippen MR) is 69.2 cm³/mol. The Morgan fingerprint density at radius 1 is 1.65 bits per heavy atom. The standard InChI is InChI=1S/C12H19N3OS/c1-10(11-3-2-7-16-11)14-6-8-17-12-4-5-13-9-15-12/h4-5,9-11,14H,2-3,6-8H2,1H3. The van der Waals surface area contributed by atoms with E-state index in [1.165, 1.54) is 12.8 Å². The Labute approximate surface area is 107 Å². The van der Waals surface area contributed by atoms with Crippen LogP contribution in [0, 0.1) is 0 Å². The minimum absolute atomic E-state index is 0.402. The molecular formula is C12H19N3OS. The van der Waals surface area contributed by atoms with Gasteiger partial charge in [0.25, 0.3) is 0 Å². The molecule has 0 aromatic carbocycles. The normalized spacial score (nSPS) is 21.6. The lowest BCUT2D eigenvalue weighted by Crippen LogP contribution is -2.38. The first-order chi connectivity index (χ1) is 8.36. The molecule has 5 heteroatoms. The lowest BCUT2D eigenvalue weighted by Gasteiger charge is -2.19. The monoisotopic (exact) mass is 253 g/mol. The van der Waals surface area contributed by atoms with Gasteiger partial charge in [0.15, 0.2) is 0 Å². The summed E-state index contributed by atoms with van der Waals surface area (Å²) in [6.45, 7) is 4.10. The lowest BCUT2D eigenvalue weighted by molar-refractivity contribution is 0.0844. The van der Waals surface area contributed by atoms with Crippen molar-refractivity contribution in [3.8, 4) is 0 Å². The molecule has 1 N–H and O–H groups in total. The number of rotatable bonds is 6. The molecule has 1 aromatic rings. The summed E-state index contributed by atoms with van der Waals surface area (Å²) < 4.78 is 5.64. The summed E-state index contributed by atoms with van der Waals surface area (Å²) in [7, 11) is 0. The van der Waals surface area contributed by atoms with Crippen LogP contribution >= 0.6 is 11.8 Å². The van der Waals surface area contributed by atoms with Crippen molar-refractivity contribution in [2.75, 3.05) is 18.9 Å². The highest BCUT2D eigenvalue weighted by molar-refractivity contribution is 7.99. The van der Waals surface area contributed by atoms with Crippen LogP contribution < -0.4 is 5.32 Å². The van der Waals surface area contributed by atoms with Crippen molar-refractivity contribution in [1.82, 2.24) is 15.3 Å². The molecule has 4 nitrogen and oxygen atoms in total. The third kappa shape index (κ3) is 4.26. The van der Waals surface area contributed by atoms with Crippen LogP contribution in [0.2, 0.25) is 0 Å². The van der Waals surface area contributed by atoms with Crippen molar-refractivity contribution in [3.63, 3.8) is 0 Å². The number of ether oxygens (including phenoxy) is 1. The van der Waals surface area contributed by atoms with E-state index in [1.807, 2.05) is 6.07 Å². The molecule has 0 aliphatic carbocycles. The van der Waals surface area contributed by atoms with E-state index in [1.54, 1.807) is 24.3 Å². The van der Waals surface area contributed by atoms with Gasteiger partial charge in [-0.05, 0) is 25.8 Å². The van der Waals surface area contributed by atoms with E-state index in [4.69, 9.17) is 4.74 Å². The van der Waals surface area contributed by atoms with Gasteiger partial charge in [-0.1, -0.05) is 0 Å². The van der Waals surface area contributed by atoms with Gasteiger partial charge in [0.05, 0.1) is 11.1 Å². The maximum Gasteiger partial charge on any atom is 0.116 e. The molecule has 0 spiro atoms. The van der Waals surface area contributed by atoms with Crippen LogP contribution in [0.1, 0.15) is 19.8 Å². The molecule has 1 aliphatic heterocycles. The van der Waals surface area contributed by atoms with Crippen molar-refractivity contribution in [3.05, 3.63) is 18.6 Å². The smallest absolute Gasteiger partial charge is 0.116 e. The number of nitrogens with one attached hydrogen (secondary N) is 1. The number of nitrogens with zero attached hydrogens (tertiary/aromatic N) is 2. The molecule has 1 aromatic heterocycles. The summed E-state index contributed by atoms with van der Waals surface area (Å²) in [4.78, 5) is 8.07. The van der Waals surface area contributed by atoms with E-state index in [0.717, 1.165) is 23.9 Å². The molecular weight excluding hydrogens is 234 g/mol. The Kier molecular flexibility index (Phi) is 5.22. The topological polar surface area (TPSA) is 47.0 Å². The van der Waals surface area contributed by atoms with E-state index < -0.39 is 0 Å². The summed E-state index contributed by atoms with van der Waals surface area (Å²) in [5.41, 5.74) is 0. The molecule has 0 radical (unpaired) electrons. The van der Waals surface area contributed by atoms with Gasteiger partial charge in [-0.25, -0.2) is 9.97 Å². The summed E-state index contributed by atoms with van der Waals surface area (Å²) in [5, 5.41) is 4.54. The van der Waals surface area contributed by atoms with Crippen LogP contribution in [0.3, 0.4) is 0 Å². The second-order valence-electron chi connectivity index (χ2n) is 4.19. The van der Waals surface area contributed by atoms with Gasteiger partial charge < -0.3 is 10.1 Å². The molecule has 17 heavy (non-hydrogen) atoms. The van der Waals surface area contributed by atoms with Gasteiger partial charge in [0, 0.05) is 31.1 Å². The van der Waals surface area contributed by atoms with Crippen molar-refractivity contribution in [2.45, 2.75) is 36.9 Å². The molecule has 2 rings (SSSR count). The van der Waals surface area contributed by atoms with Crippen LogP contribution in [0.5, 0.6) is 0 Å². The van der Waals surface area contributed by atoms with Crippen LogP contribution in [0.25, 0.3) is 0 Å². The number of hydrogen-bond acceptors (Lipinski definition) is 5. The predicted octanol–water partition coefficient (Wildman–Crippen LogP) is 1.73. The maximum atomic E-state index is 5.64. The molecule has 0 bridgehead atoms. The molecule has 2 heterocycles. The zero-order chi connectivity index (χ0) is 11.9. The average Bonchev–Trinajstić information content (AvgIpc) is 2.89. The fraction of sp³-hybridized carbons (Fsp3) is 0.667. The quantitative estimate of drug-likeness (QED) is 0.475. The Morgan fingerprint density at radius 2 is 2.59 bits per heavy atom. The lowest BCUT2D eigenvalue weighted by atomic mass is 10.1. The highest BCUT2D eigenvalue weighted by atomic mass is 32.2. The summed E-state index contributed by atoms with van der Waals surface area (Å²) >= 11 is 1.75. The molecule has 0 amide bonds. The molecule has 1 saturated heterocycles. The van der Waals surface area contributed by atoms with Gasteiger partial charge in [0.1, 0.15) is 6.33 Å². The van der Waals surface area contributed by atoms with Gasteiger partial charge in [-0.3, -0.25) is 0 Å². The summed E-state index contributed by atoms with van der Waals surface area (Å²) in [5.74, 6) is 1.02. The largest absolute Gasteiger partial charge is 0.377 e. The SMILES string of the molecule is CC(NCCSc1ccncn1)C1CCCO1. The first-order valence-corrected chi connectivity index (χ1v) is 7.08. The van der Waals surface area contributed by atoms with Gasteiger partial charge in [0.2, 0.25) is 0 Å². The van der Waals surface area contributed by atoms with Crippen molar-refractivity contribution in [2.24, 2.45) is 0 Å². The first kappa shape index (κ1) is 12.8. The van der Waals surface area contributed by atoms with E-state index in [9.17, 15) is 0 Å². The summed E-state index contributed by atoms with van der Waals surface area (Å²) in [6, 6.07) is 2.39. The van der Waals surface area contributed by atoms with Crippen molar-refractivity contribution >= 4 is 11.8 Å². The number of aromatic nitrogens is 2. The highest BCUT2D eigenvalue weighted by Crippen LogP contribution is 2.16. The number of thioether (sulfide) groups is 1. The second kappa shape index (κ2) is 6.93. The van der Waals surface area contributed by atoms with Gasteiger partial charge in [-0.15, -0.1) is 11.8 Å².